The molecule has 10 heteroatoms. The van der Waals surface area contributed by atoms with Gasteiger partial charge in [0.1, 0.15) is 5.56 Å². The second-order valence-corrected chi connectivity index (χ2v) is 10.1. The molecule has 1 atom stereocenters. The summed E-state index contributed by atoms with van der Waals surface area (Å²) in [6.45, 7) is 1.14. The maximum absolute atomic E-state index is 12.6. The molecule has 2 aliphatic rings. The first kappa shape index (κ1) is 22.8. The Hall–Kier alpha value is -3.40. The Labute approximate surface area is 191 Å². The largest absolute Gasteiger partial charge is 0.449 e. The quantitative estimate of drug-likeness (QED) is 0.572. The van der Waals surface area contributed by atoms with Crippen LogP contribution in [0, 0.1) is 10.7 Å². The Kier molecular flexibility index (Phi) is 6.64. The van der Waals surface area contributed by atoms with Crippen LogP contribution in [0.1, 0.15) is 34.5 Å². The van der Waals surface area contributed by atoms with E-state index in [1.54, 1.807) is 35.2 Å². The highest BCUT2D eigenvalue weighted by atomic mass is 32.2. The van der Waals surface area contributed by atoms with E-state index < -0.39 is 21.2 Å². The Morgan fingerprint density at radius 2 is 2.03 bits per heavy atom. The number of pyridine rings is 1. The number of fused-ring (bicyclic) bond motifs is 1. The number of benzene rings is 1. The third kappa shape index (κ3) is 5.70. The number of nitrogens with one attached hydrogen (secondary N) is 3. The van der Waals surface area contributed by atoms with Crippen LogP contribution in [0.2, 0.25) is 0 Å². The van der Waals surface area contributed by atoms with Crippen molar-refractivity contribution >= 4 is 21.7 Å². The van der Waals surface area contributed by atoms with Crippen molar-refractivity contribution in [2.45, 2.75) is 30.7 Å². The smallest absolute Gasteiger partial charge is 0.410 e. The number of carbonyl (C=O) groups is 2. The molecule has 2 heterocycles. The third-order valence-electron chi connectivity index (χ3n) is 5.61. The van der Waals surface area contributed by atoms with Gasteiger partial charge in [-0.25, -0.2) is 13.8 Å². The fourth-order valence-electron chi connectivity index (χ4n) is 3.53. The molecule has 1 aromatic heterocycles. The van der Waals surface area contributed by atoms with Crippen LogP contribution in [0.4, 0.5) is 4.79 Å². The summed E-state index contributed by atoms with van der Waals surface area (Å²) in [7, 11) is -3.11. The number of aromatic amines is 1. The number of aromatic nitrogens is 1. The molecule has 174 valence electrons. The number of rotatable bonds is 7. The van der Waals surface area contributed by atoms with Crippen molar-refractivity contribution in [3.8, 4) is 0 Å². The van der Waals surface area contributed by atoms with Crippen LogP contribution in [-0.2, 0) is 27.4 Å². The van der Waals surface area contributed by atoms with E-state index in [1.807, 2.05) is 0 Å². The molecule has 1 saturated carbocycles. The highest BCUT2D eigenvalue weighted by molar-refractivity contribution is 7.95. The molecule has 0 saturated heterocycles. The van der Waals surface area contributed by atoms with Gasteiger partial charge in [0, 0.05) is 30.6 Å². The average Bonchev–Trinajstić information content (AvgIpc) is 3.64. The highest BCUT2D eigenvalue weighted by Crippen LogP contribution is 2.29. The summed E-state index contributed by atoms with van der Waals surface area (Å²) in [4.78, 5) is 41.9. The molecule has 0 spiro atoms. The zero-order chi connectivity index (χ0) is 23.4. The van der Waals surface area contributed by atoms with Gasteiger partial charge in [0.05, 0.1) is 27.8 Å². The summed E-state index contributed by atoms with van der Waals surface area (Å²) in [5, 5.41) is 3.83. The lowest BCUT2D eigenvalue weighted by Gasteiger charge is -2.28. The number of nitrogens with zero attached hydrogens (tertiary/aromatic N) is 1. The zero-order valence-corrected chi connectivity index (χ0v) is 18.9. The monoisotopic (exact) mass is 470 g/mol. The Morgan fingerprint density at radius 1 is 1.27 bits per heavy atom. The van der Waals surface area contributed by atoms with Crippen LogP contribution in [0.3, 0.4) is 0 Å². The summed E-state index contributed by atoms with van der Waals surface area (Å²) < 4.78 is 25.8. The molecule has 1 aliphatic heterocycles. The lowest BCUT2D eigenvalue weighted by atomic mass is 10.0. The number of hydrogen-bond acceptors (Lipinski definition) is 6. The van der Waals surface area contributed by atoms with E-state index in [0.717, 1.165) is 12.8 Å². The molecule has 1 aromatic carbocycles. The molecule has 3 N–H and O–H groups in total. The molecule has 4 rings (SSSR count). The number of hydrogen-bond donors (Lipinski definition) is 3. The van der Waals surface area contributed by atoms with Gasteiger partial charge in [-0.1, -0.05) is 24.3 Å². The van der Waals surface area contributed by atoms with Gasteiger partial charge in [-0.2, -0.15) is 0 Å². The van der Waals surface area contributed by atoms with E-state index in [4.69, 9.17) is 9.52 Å². The standard InChI is InChI=1S/C23H26N4O5S/c24-33(31,18-5-2-1-3-6-18)12-4-10-25-21(28)19-13-17-14-27(11-9-20(17)26-22(19)29)23(30)32-15-16-7-8-16/h1-6,12-13,16,24H,7-11,14-15H2,(H,25,28)(H,26,29)/b12-4+. The first-order chi connectivity index (χ1) is 15.8. The maximum atomic E-state index is 12.6. The second kappa shape index (κ2) is 9.62. The number of carbonyl (C=O) groups excluding carboxylic acids is 2. The van der Waals surface area contributed by atoms with E-state index in [1.165, 1.54) is 17.6 Å². The molecule has 1 aliphatic carbocycles. The summed E-state index contributed by atoms with van der Waals surface area (Å²) in [6.07, 6.45) is 3.72. The van der Waals surface area contributed by atoms with Crippen molar-refractivity contribution in [3.05, 3.63) is 75.1 Å². The van der Waals surface area contributed by atoms with E-state index in [2.05, 4.69) is 10.3 Å². The normalized spacial score (nSPS) is 17.3. The average molecular weight is 471 g/mol. The SMILES string of the molecule is N=S(=O)(/C=C/CNC(=O)c1cc2c([nH]c1=O)CCN(C(=O)OCC1CC1)C2)c1ccccc1. The van der Waals surface area contributed by atoms with Gasteiger partial charge in [-0.15, -0.1) is 0 Å². The number of ether oxygens (including phenoxy) is 1. The second-order valence-electron chi connectivity index (χ2n) is 8.20. The molecule has 1 unspecified atom stereocenters. The molecule has 2 aromatic rings. The minimum Gasteiger partial charge on any atom is -0.449 e. The van der Waals surface area contributed by atoms with Crippen molar-refractivity contribution in [1.82, 2.24) is 15.2 Å². The van der Waals surface area contributed by atoms with E-state index in [9.17, 15) is 18.6 Å². The minimum absolute atomic E-state index is 0.0116. The fourth-order valence-corrected chi connectivity index (χ4v) is 4.61. The lowest BCUT2D eigenvalue weighted by molar-refractivity contribution is 0.0935. The molecule has 9 nitrogen and oxygen atoms in total. The van der Waals surface area contributed by atoms with Crippen LogP contribution in [0.5, 0.6) is 0 Å². The highest BCUT2D eigenvalue weighted by Gasteiger charge is 2.27. The minimum atomic E-state index is -3.11. The van der Waals surface area contributed by atoms with Gasteiger partial charge in [-0.05, 0) is 42.5 Å². The van der Waals surface area contributed by atoms with Crippen molar-refractivity contribution in [3.63, 3.8) is 0 Å². The number of amides is 2. The summed E-state index contributed by atoms with van der Waals surface area (Å²) in [6, 6.07) is 9.90. The maximum Gasteiger partial charge on any atom is 0.410 e. The van der Waals surface area contributed by atoms with E-state index in [0.29, 0.717) is 41.6 Å². The summed E-state index contributed by atoms with van der Waals surface area (Å²) >= 11 is 0. The topological polar surface area (TPSA) is 132 Å². The predicted molar refractivity (Wildman–Crippen MR) is 122 cm³/mol. The van der Waals surface area contributed by atoms with Gasteiger partial charge < -0.3 is 19.9 Å². The fraction of sp³-hybridized carbons (Fsp3) is 0.348. The van der Waals surface area contributed by atoms with Gasteiger partial charge in [0.15, 0.2) is 0 Å². The first-order valence-corrected chi connectivity index (χ1v) is 12.4. The molecule has 33 heavy (non-hydrogen) atoms. The van der Waals surface area contributed by atoms with Crippen LogP contribution >= 0.6 is 0 Å². The van der Waals surface area contributed by atoms with E-state index in [-0.39, 0.29) is 24.7 Å². The zero-order valence-electron chi connectivity index (χ0n) is 18.0. The first-order valence-electron chi connectivity index (χ1n) is 10.8. The van der Waals surface area contributed by atoms with Gasteiger partial charge >= 0.3 is 6.09 Å². The molecule has 2 amide bonds. The number of H-pyrrole nitrogens is 1. The van der Waals surface area contributed by atoms with Gasteiger partial charge in [-0.3, -0.25) is 9.59 Å². The lowest BCUT2D eigenvalue weighted by Crippen LogP contribution is -2.39. The Balaban J connectivity index is 1.37. The van der Waals surface area contributed by atoms with Crippen LogP contribution in [0.15, 0.2) is 57.6 Å². The van der Waals surface area contributed by atoms with Crippen LogP contribution < -0.4 is 10.9 Å². The summed E-state index contributed by atoms with van der Waals surface area (Å²) in [5.41, 5.74) is 0.834. The van der Waals surface area contributed by atoms with Crippen LogP contribution in [0.25, 0.3) is 0 Å². The van der Waals surface area contributed by atoms with E-state index >= 15 is 0 Å². The van der Waals surface area contributed by atoms with Gasteiger partial charge in [0.2, 0.25) is 0 Å². The summed E-state index contributed by atoms with van der Waals surface area (Å²) in [5.74, 6) is -0.115. The third-order valence-corrected chi connectivity index (χ3v) is 7.16. The van der Waals surface area contributed by atoms with Crippen molar-refractivity contribution in [2.24, 2.45) is 5.92 Å². The molecule has 0 bridgehead atoms. The molecular formula is C23H26N4O5S. The molecular weight excluding hydrogens is 444 g/mol. The van der Waals surface area contributed by atoms with Crippen LogP contribution in [-0.4, -0.2) is 45.8 Å². The Morgan fingerprint density at radius 3 is 2.76 bits per heavy atom. The van der Waals surface area contributed by atoms with Crippen molar-refractivity contribution in [1.29, 1.82) is 4.78 Å². The van der Waals surface area contributed by atoms with Gasteiger partial charge in [0.25, 0.3) is 11.5 Å². The van der Waals surface area contributed by atoms with Crippen molar-refractivity contribution < 1.29 is 18.5 Å². The molecule has 0 radical (unpaired) electrons. The van der Waals surface area contributed by atoms with Crippen molar-refractivity contribution in [2.75, 3.05) is 19.7 Å². The predicted octanol–water partition coefficient (Wildman–Crippen LogP) is 2.63. The molecule has 1 fully saturated rings. The Bertz CT molecular complexity index is 1230.